The lowest BCUT2D eigenvalue weighted by molar-refractivity contribution is 0.0960. The Morgan fingerprint density at radius 2 is 1.63 bits per heavy atom. The fourth-order valence-electron chi connectivity index (χ4n) is 3.20. The van der Waals surface area contributed by atoms with Gasteiger partial charge in [-0.25, -0.2) is 17.9 Å². The maximum atomic E-state index is 12.1. The fraction of sp³-hybridized carbons (Fsp3) is 0.632. The van der Waals surface area contributed by atoms with E-state index in [4.69, 9.17) is 0 Å². The van der Waals surface area contributed by atoms with Gasteiger partial charge in [-0.15, -0.1) is 0 Å². The van der Waals surface area contributed by atoms with Crippen molar-refractivity contribution in [2.24, 2.45) is 0 Å². The number of carbonyl (C=O) groups excluding carboxylic acids is 1. The maximum Gasteiger partial charge on any atom is 0.315 e. The van der Waals surface area contributed by atoms with Crippen LogP contribution in [0.1, 0.15) is 44.2 Å². The molecule has 7 nitrogen and oxygen atoms in total. The lowest BCUT2D eigenvalue weighted by atomic mass is 9.98. The summed E-state index contributed by atoms with van der Waals surface area (Å²) in [5.74, 6) is -0.0523. The summed E-state index contributed by atoms with van der Waals surface area (Å²) in [6.45, 7) is 7.50. The number of nitrogens with zero attached hydrogens (tertiary/aromatic N) is 1. The fourth-order valence-corrected chi connectivity index (χ4v) is 3.97. The van der Waals surface area contributed by atoms with Crippen LogP contribution < -0.4 is 15.4 Å². The minimum Gasteiger partial charge on any atom is -0.336 e. The van der Waals surface area contributed by atoms with E-state index in [0.29, 0.717) is 18.7 Å². The third-order valence-electron chi connectivity index (χ3n) is 5.04. The van der Waals surface area contributed by atoms with E-state index < -0.39 is 10.0 Å². The van der Waals surface area contributed by atoms with Gasteiger partial charge >= 0.3 is 6.03 Å². The Morgan fingerprint density at radius 1 is 1.04 bits per heavy atom. The smallest absolute Gasteiger partial charge is 0.315 e. The average Bonchev–Trinajstić information content (AvgIpc) is 2.66. The van der Waals surface area contributed by atoms with E-state index >= 15 is 0 Å². The monoisotopic (exact) mass is 396 g/mol. The lowest BCUT2D eigenvalue weighted by Crippen LogP contribution is -2.54. The van der Waals surface area contributed by atoms with Gasteiger partial charge in [-0.1, -0.05) is 30.7 Å². The maximum absolute atomic E-state index is 12.1. The standard InChI is InChI=1S/C19H32N4O3S/c1-19(2,23-11-5-4-6-12-23)15-22-18(24)21-13-16-7-9-17(10-8-16)14-27(25,26)20-3/h7-10,20H,4-6,11-15H2,1-3H3,(H2,21,22,24). The number of benzene rings is 1. The van der Waals surface area contributed by atoms with Crippen LogP contribution in [0.15, 0.2) is 24.3 Å². The summed E-state index contributed by atoms with van der Waals surface area (Å²) >= 11 is 0. The Balaban J connectivity index is 1.76. The van der Waals surface area contributed by atoms with Gasteiger partial charge in [0.25, 0.3) is 0 Å². The highest BCUT2D eigenvalue weighted by Gasteiger charge is 2.28. The van der Waals surface area contributed by atoms with Crippen LogP contribution in [0.4, 0.5) is 4.79 Å². The third kappa shape index (κ3) is 7.12. The van der Waals surface area contributed by atoms with Gasteiger partial charge in [0.1, 0.15) is 0 Å². The van der Waals surface area contributed by atoms with E-state index in [1.54, 1.807) is 12.1 Å². The van der Waals surface area contributed by atoms with Gasteiger partial charge in [-0.05, 0) is 58.0 Å². The Morgan fingerprint density at radius 3 is 2.22 bits per heavy atom. The number of nitrogens with one attached hydrogen (secondary N) is 3. The number of amides is 2. The average molecular weight is 397 g/mol. The van der Waals surface area contributed by atoms with Crippen molar-refractivity contribution < 1.29 is 13.2 Å². The van der Waals surface area contributed by atoms with Crippen LogP contribution in [0.3, 0.4) is 0 Å². The molecule has 0 aliphatic carbocycles. The summed E-state index contributed by atoms with van der Waals surface area (Å²) in [6, 6.07) is 7.01. The van der Waals surface area contributed by atoms with Crippen LogP contribution >= 0.6 is 0 Å². The summed E-state index contributed by atoms with van der Waals surface area (Å²) in [4.78, 5) is 14.6. The molecular formula is C19H32N4O3S. The number of carbonyl (C=O) groups is 1. The first kappa shape index (κ1) is 21.7. The lowest BCUT2D eigenvalue weighted by Gasteiger charge is -2.41. The highest BCUT2D eigenvalue weighted by molar-refractivity contribution is 7.88. The molecule has 8 heteroatoms. The minimum atomic E-state index is -3.28. The molecule has 0 aromatic heterocycles. The molecule has 1 aromatic rings. The third-order valence-corrected chi connectivity index (χ3v) is 6.37. The van der Waals surface area contributed by atoms with E-state index in [-0.39, 0.29) is 17.3 Å². The van der Waals surface area contributed by atoms with Crippen molar-refractivity contribution in [3.63, 3.8) is 0 Å². The van der Waals surface area contributed by atoms with E-state index in [9.17, 15) is 13.2 Å². The van der Waals surface area contributed by atoms with E-state index in [1.807, 2.05) is 12.1 Å². The molecule has 1 fully saturated rings. The predicted octanol–water partition coefficient (Wildman–Crippen LogP) is 1.80. The highest BCUT2D eigenvalue weighted by Crippen LogP contribution is 2.19. The SMILES string of the molecule is CNS(=O)(=O)Cc1ccc(CNC(=O)NCC(C)(C)N2CCCCC2)cc1. The number of likely N-dealkylation sites (tertiary alicyclic amines) is 1. The summed E-state index contributed by atoms with van der Waals surface area (Å²) < 4.78 is 25.4. The molecule has 0 unspecified atom stereocenters. The highest BCUT2D eigenvalue weighted by atomic mass is 32.2. The summed E-state index contributed by atoms with van der Waals surface area (Å²) in [5, 5.41) is 5.82. The van der Waals surface area contributed by atoms with Gasteiger partial charge in [0, 0.05) is 18.6 Å². The molecule has 1 aliphatic rings. The number of piperidine rings is 1. The van der Waals surface area contributed by atoms with Gasteiger partial charge in [-0.2, -0.15) is 0 Å². The normalized spacial score (nSPS) is 16.1. The number of hydrogen-bond acceptors (Lipinski definition) is 4. The second-order valence-corrected chi connectivity index (χ2v) is 9.60. The zero-order valence-corrected chi connectivity index (χ0v) is 17.4. The minimum absolute atomic E-state index is 0.0523. The number of sulfonamides is 1. The molecular weight excluding hydrogens is 364 g/mol. The van der Waals surface area contributed by atoms with Crippen molar-refractivity contribution in [3.05, 3.63) is 35.4 Å². The Bertz CT molecular complexity index is 711. The molecule has 1 aliphatic heterocycles. The second kappa shape index (κ2) is 9.52. The van der Waals surface area contributed by atoms with Crippen LogP contribution in [0.5, 0.6) is 0 Å². The first-order chi connectivity index (χ1) is 12.7. The number of hydrogen-bond donors (Lipinski definition) is 3. The molecule has 3 N–H and O–H groups in total. The molecule has 1 aromatic carbocycles. The Kier molecular flexibility index (Phi) is 7.64. The first-order valence-electron chi connectivity index (χ1n) is 9.48. The van der Waals surface area contributed by atoms with Crippen molar-refractivity contribution in [3.8, 4) is 0 Å². The summed E-state index contributed by atoms with van der Waals surface area (Å²) in [7, 11) is -1.87. The zero-order valence-electron chi connectivity index (χ0n) is 16.5. The van der Waals surface area contributed by atoms with Crippen molar-refractivity contribution in [2.75, 3.05) is 26.7 Å². The summed E-state index contributed by atoms with van der Waals surface area (Å²) in [5.41, 5.74) is 1.57. The van der Waals surface area contributed by atoms with E-state index in [2.05, 4.69) is 34.1 Å². The Hall–Kier alpha value is -1.64. The van der Waals surface area contributed by atoms with Crippen molar-refractivity contribution in [1.82, 2.24) is 20.3 Å². The van der Waals surface area contributed by atoms with Crippen molar-refractivity contribution in [2.45, 2.75) is 50.9 Å². The van der Waals surface area contributed by atoms with Gasteiger partial charge in [0.05, 0.1) is 5.75 Å². The van der Waals surface area contributed by atoms with Crippen LogP contribution in [-0.4, -0.2) is 51.6 Å². The topological polar surface area (TPSA) is 90.5 Å². The predicted molar refractivity (Wildman–Crippen MR) is 108 cm³/mol. The molecule has 2 amide bonds. The van der Waals surface area contributed by atoms with E-state index in [1.165, 1.54) is 26.3 Å². The molecule has 0 bridgehead atoms. The molecule has 0 spiro atoms. The van der Waals surface area contributed by atoms with Gasteiger partial charge in [-0.3, -0.25) is 4.90 Å². The van der Waals surface area contributed by atoms with Crippen LogP contribution in [0.2, 0.25) is 0 Å². The molecule has 152 valence electrons. The van der Waals surface area contributed by atoms with Crippen LogP contribution in [-0.2, 0) is 22.3 Å². The molecule has 0 radical (unpaired) electrons. The Labute approximate surface area is 163 Å². The molecule has 0 saturated carbocycles. The molecule has 1 saturated heterocycles. The largest absolute Gasteiger partial charge is 0.336 e. The van der Waals surface area contributed by atoms with Crippen molar-refractivity contribution in [1.29, 1.82) is 0 Å². The van der Waals surface area contributed by atoms with Gasteiger partial charge in [0.15, 0.2) is 0 Å². The first-order valence-corrected chi connectivity index (χ1v) is 11.1. The quantitative estimate of drug-likeness (QED) is 0.625. The molecule has 0 atom stereocenters. The molecule has 27 heavy (non-hydrogen) atoms. The van der Waals surface area contributed by atoms with E-state index in [0.717, 1.165) is 18.7 Å². The van der Waals surface area contributed by atoms with Crippen LogP contribution in [0.25, 0.3) is 0 Å². The van der Waals surface area contributed by atoms with Crippen LogP contribution in [0, 0.1) is 0 Å². The van der Waals surface area contributed by atoms with Gasteiger partial charge < -0.3 is 10.6 Å². The summed E-state index contributed by atoms with van der Waals surface area (Å²) in [6.07, 6.45) is 3.74. The number of urea groups is 1. The molecule has 1 heterocycles. The van der Waals surface area contributed by atoms with Crippen molar-refractivity contribution >= 4 is 16.1 Å². The molecule has 2 rings (SSSR count). The number of rotatable bonds is 8. The zero-order chi connectivity index (χ0) is 19.9. The van der Waals surface area contributed by atoms with Gasteiger partial charge in [0.2, 0.25) is 10.0 Å². The second-order valence-electron chi connectivity index (χ2n) is 7.68.